The normalized spacial score (nSPS) is 12.1. The van der Waals surface area contributed by atoms with Crippen LogP contribution in [-0.2, 0) is 0 Å². The van der Waals surface area contributed by atoms with Crippen LogP contribution in [0.15, 0.2) is 224 Å². The van der Waals surface area contributed by atoms with Crippen LogP contribution in [0.1, 0.15) is 0 Å². The van der Waals surface area contributed by atoms with Gasteiger partial charge in [0, 0.05) is 58.5 Å². The van der Waals surface area contributed by atoms with Crippen molar-refractivity contribution in [3.63, 3.8) is 0 Å². The fourth-order valence-corrected chi connectivity index (χ4v) is 12.2. The first-order chi connectivity index (χ1) is 34.2. The summed E-state index contributed by atoms with van der Waals surface area (Å²) in [7, 11) is 0. The monoisotopic (exact) mass is 895 g/mol. The third kappa shape index (κ3) is 5.73. The molecule has 0 aliphatic heterocycles. The molecule has 0 fully saturated rings. The Bertz CT molecular complexity index is 4560. The zero-order valence-electron chi connectivity index (χ0n) is 37.0. The number of benzene rings is 11. The minimum atomic E-state index is 0.573. The van der Waals surface area contributed by atoms with Crippen LogP contribution in [0.25, 0.3) is 142 Å². The molecule has 4 aromatic heterocycles. The predicted octanol–water partition coefficient (Wildman–Crippen LogP) is 16.9. The van der Waals surface area contributed by atoms with E-state index in [9.17, 15) is 0 Å². The fraction of sp³-hybridized carbons (Fsp3) is 0. The minimum absolute atomic E-state index is 0.573. The van der Waals surface area contributed by atoms with E-state index in [0.29, 0.717) is 17.6 Å². The van der Waals surface area contributed by atoms with Gasteiger partial charge in [0.1, 0.15) is 0 Å². The van der Waals surface area contributed by atoms with Gasteiger partial charge in [-0.1, -0.05) is 170 Å². The highest BCUT2D eigenvalue weighted by Crippen LogP contribution is 2.43. The second-order valence-electron chi connectivity index (χ2n) is 17.9. The molecule has 0 N–H and O–H groups in total. The van der Waals surface area contributed by atoms with Gasteiger partial charge >= 0.3 is 0 Å². The Morgan fingerprint density at radius 1 is 0.290 bits per heavy atom. The maximum atomic E-state index is 5.44. The van der Waals surface area contributed by atoms with Gasteiger partial charge in [0.15, 0.2) is 11.6 Å². The lowest BCUT2D eigenvalue weighted by Crippen LogP contribution is -2.06. The molecule has 0 saturated carbocycles. The molecule has 5 nitrogen and oxygen atoms in total. The van der Waals surface area contributed by atoms with Gasteiger partial charge < -0.3 is 4.57 Å². The minimum Gasteiger partial charge on any atom is -0.309 e. The van der Waals surface area contributed by atoms with E-state index in [2.05, 4.69) is 215 Å². The van der Waals surface area contributed by atoms with Crippen molar-refractivity contribution in [2.75, 3.05) is 0 Å². The van der Waals surface area contributed by atoms with Gasteiger partial charge in [-0.2, -0.15) is 9.97 Å². The highest BCUT2D eigenvalue weighted by atomic mass is 32.1. The van der Waals surface area contributed by atoms with Crippen LogP contribution < -0.4 is 0 Å². The van der Waals surface area contributed by atoms with Crippen LogP contribution in [0.2, 0.25) is 0 Å². The topological polar surface area (TPSA) is 48.5 Å². The van der Waals surface area contributed by atoms with Gasteiger partial charge in [-0.25, -0.2) is 4.98 Å². The van der Waals surface area contributed by atoms with Gasteiger partial charge in [0.2, 0.25) is 5.95 Å². The predicted molar refractivity (Wildman–Crippen MR) is 290 cm³/mol. The Labute approximate surface area is 399 Å². The first kappa shape index (κ1) is 38.2. The summed E-state index contributed by atoms with van der Waals surface area (Å²) < 4.78 is 7.10. The largest absolute Gasteiger partial charge is 0.309 e. The average Bonchev–Trinajstić information content (AvgIpc) is 4.08. The number of thiophene rings is 1. The summed E-state index contributed by atoms with van der Waals surface area (Å²) in [5, 5.41) is 14.7. The lowest BCUT2D eigenvalue weighted by atomic mass is 9.92. The molecular formula is C63H37N5S. The van der Waals surface area contributed by atoms with Crippen molar-refractivity contribution >= 4 is 107 Å². The van der Waals surface area contributed by atoms with E-state index in [1.165, 1.54) is 69.0 Å². The molecule has 69 heavy (non-hydrogen) atoms. The number of hydrogen-bond acceptors (Lipinski definition) is 4. The zero-order valence-corrected chi connectivity index (χ0v) is 37.8. The molecule has 0 atom stereocenters. The standard InChI is InChI=1S/C63H37N5S/c1-2-15-39(16-3-1)61-64-62(50-24-14-28-59-60(50)49-23-10-13-27-58(49)69-59)66-63(65-61)68-55-26-12-9-22-48(55)53-36-52-47-21-8-11-25-54(47)67(56(52)37-57(53)68)41-32-29-38(30-33-41)40-31-34-46-44-19-5-4-17-42(44)43-18-6-7-20-45(43)51(46)35-40/h1-37H. The molecule has 0 amide bonds. The van der Waals surface area contributed by atoms with Gasteiger partial charge in [0.05, 0.1) is 22.1 Å². The van der Waals surface area contributed by atoms with Crippen LogP contribution in [-0.4, -0.2) is 24.1 Å². The molecule has 0 bridgehead atoms. The maximum absolute atomic E-state index is 5.44. The average molecular weight is 896 g/mol. The van der Waals surface area contributed by atoms with Crippen LogP contribution in [0.5, 0.6) is 0 Å². The van der Waals surface area contributed by atoms with Gasteiger partial charge in [-0.3, -0.25) is 4.57 Å². The summed E-state index contributed by atoms with van der Waals surface area (Å²) >= 11 is 1.80. The third-order valence-electron chi connectivity index (χ3n) is 14.2. The van der Waals surface area contributed by atoms with E-state index in [1.807, 2.05) is 18.2 Å². The second kappa shape index (κ2) is 14.8. The van der Waals surface area contributed by atoms with Crippen molar-refractivity contribution in [2.24, 2.45) is 0 Å². The van der Waals surface area contributed by atoms with E-state index < -0.39 is 0 Å². The Hall–Kier alpha value is -8.97. The SMILES string of the molecule is c1ccc(-c2nc(-c3cccc4sc5ccccc5c34)nc(-n3c4ccccc4c4cc5c6ccccc6n(-c6ccc(-c7ccc8c9ccccc9c9ccccc9c8c7)cc6)c5cc43)n2)cc1. The van der Waals surface area contributed by atoms with Crippen molar-refractivity contribution in [2.45, 2.75) is 0 Å². The highest BCUT2D eigenvalue weighted by molar-refractivity contribution is 7.25. The van der Waals surface area contributed by atoms with Gasteiger partial charge in [-0.15, -0.1) is 11.3 Å². The molecular weight excluding hydrogens is 859 g/mol. The zero-order chi connectivity index (χ0) is 45.2. The molecule has 6 heteroatoms. The quantitative estimate of drug-likeness (QED) is 0.162. The molecule has 0 aliphatic rings. The van der Waals surface area contributed by atoms with E-state index in [0.717, 1.165) is 55.0 Å². The lowest BCUT2D eigenvalue weighted by Gasteiger charge is -2.13. The third-order valence-corrected chi connectivity index (χ3v) is 15.3. The Morgan fingerprint density at radius 3 is 1.54 bits per heavy atom. The summed E-state index contributed by atoms with van der Waals surface area (Å²) in [4.78, 5) is 16.0. The summed E-state index contributed by atoms with van der Waals surface area (Å²) in [6, 6.07) is 81.0. The Kier molecular flexibility index (Phi) is 8.17. The van der Waals surface area contributed by atoms with Crippen molar-refractivity contribution in [3.05, 3.63) is 224 Å². The van der Waals surface area contributed by atoms with E-state index in [4.69, 9.17) is 15.0 Å². The summed E-state index contributed by atoms with van der Waals surface area (Å²) in [6.45, 7) is 0. The molecule has 15 rings (SSSR count). The molecule has 11 aromatic carbocycles. The van der Waals surface area contributed by atoms with Gasteiger partial charge in [-0.05, 0) is 98.0 Å². The van der Waals surface area contributed by atoms with Crippen molar-refractivity contribution in [3.8, 4) is 45.5 Å². The molecule has 320 valence electrons. The molecule has 0 radical (unpaired) electrons. The number of hydrogen-bond donors (Lipinski definition) is 0. The van der Waals surface area contributed by atoms with Crippen LogP contribution >= 0.6 is 11.3 Å². The second-order valence-corrected chi connectivity index (χ2v) is 19.0. The van der Waals surface area contributed by atoms with Crippen molar-refractivity contribution in [1.29, 1.82) is 0 Å². The summed E-state index contributed by atoms with van der Waals surface area (Å²) in [5.41, 5.74) is 9.70. The first-order valence-electron chi connectivity index (χ1n) is 23.3. The Balaban J connectivity index is 0.939. The van der Waals surface area contributed by atoms with Crippen molar-refractivity contribution in [1.82, 2.24) is 24.1 Å². The molecule has 0 unspecified atom stereocenters. The number of aromatic nitrogens is 5. The molecule has 0 saturated heterocycles. The smallest absolute Gasteiger partial charge is 0.238 e. The lowest BCUT2D eigenvalue weighted by molar-refractivity contribution is 0.954. The summed E-state index contributed by atoms with van der Waals surface area (Å²) in [6.07, 6.45) is 0. The van der Waals surface area contributed by atoms with Crippen LogP contribution in [0.4, 0.5) is 0 Å². The van der Waals surface area contributed by atoms with E-state index >= 15 is 0 Å². The van der Waals surface area contributed by atoms with E-state index in [1.54, 1.807) is 11.3 Å². The highest BCUT2D eigenvalue weighted by Gasteiger charge is 2.22. The molecule has 4 heterocycles. The van der Waals surface area contributed by atoms with E-state index in [-0.39, 0.29) is 0 Å². The van der Waals surface area contributed by atoms with Crippen LogP contribution in [0.3, 0.4) is 0 Å². The molecule has 0 aliphatic carbocycles. The van der Waals surface area contributed by atoms with Crippen molar-refractivity contribution < 1.29 is 0 Å². The molecule has 15 aromatic rings. The number of rotatable bonds is 5. The first-order valence-corrected chi connectivity index (χ1v) is 24.2. The molecule has 0 spiro atoms. The summed E-state index contributed by atoms with van der Waals surface area (Å²) in [5.74, 6) is 1.84. The number of fused-ring (bicyclic) bond motifs is 15. The van der Waals surface area contributed by atoms with Crippen LogP contribution in [0, 0.1) is 0 Å². The fourth-order valence-electron chi connectivity index (χ4n) is 11.1. The number of nitrogens with zero attached hydrogens (tertiary/aromatic N) is 5. The Morgan fingerprint density at radius 2 is 0.826 bits per heavy atom. The maximum Gasteiger partial charge on any atom is 0.238 e. The number of para-hydroxylation sites is 2. The van der Waals surface area contributed by atoms with Gasteiger partial charge in [0.25, 0.3) is 0 Å².